The first-order chi connectivity index (χ1) is 12.2. The lowest BCUT2D eigenvalue weighted by Gasteiger charge is -2.20. The highest BCUT2D eigenvalue weighted by atomic mass is 32.1. The number of nitrogens with zero attached hydrogens (tertiary/aromatic N) is 2. The molecule has 3 aromatic rings. The van der Waals surface area contributed by atoms with E-state index in [-0.39, 0.29) is 5.91 Å². The van der Waals surface area contributed by atoms with E-state index in [0.29, 0.717) is 25.4 Å². The summed E-state index contributed by atoms with van der Waals surface area (Å²) in [5.41, 5.74) is 2.74. The minimum absolute atomic E-state index is 0.0555. The summed E-state index contributed by atoms with van der Waals surface area (Å²) in [4.78, 5) is 20.4. The molecule has 0 radical (unpaired) electrons. The fourth-order valence-electron chi connectivity index (χ4n) is 2.41. The summed E-state index contributed by atoms with van der Waals surface area (Å²) in [6.07, 6.45) is 0. The Morgan fingerprint density at radius 1 is 1.20 bits per heavy atom. The van der Waals surface area contributed by atoms with Gasteiger partial charge in [0.25, 0.3) is 5.91 Å². The average molecular weight is 373 g/mol. The van der Waals surface area contributed by atoms with Gasteiger partial charge in [0.15, 0.2) is 0 Å². The smallest absolute Gasteiger partial charge is 0.273 e. The number of thiazole rings is 1. The van der Waals surface area contributed by atoms with Crippen LogP contribution in [0.2, 0.25) is 0 Å². The highest BCUT2D eigenvalue weighted by molar-refractivity contribution is 7.13. The van der Waals surface area contributed by atoms with E-state index in [4.69, 9.17) is 4.74 Å². The molecule has 4 nitrogen and oxygen atoms in total. The highest BCUT2D eigenvalue weighted by Gasteiger charge is 2.19. The first kappa shape index (κ1) is 17.8. The molecule has 2 aromatic heterocycles. The minimum Gasteiger partial charge on any atom is -0.383 e. The number of carbonyl (C=O) groups excluding carboxylic acids is 1. The second kappa shape index (κ2) is 8.38. The molecular formula is C19H20N2O2S2. The zero-order valence-corrected chi connectivity index (χ0v) is 15.9. The van der Waals surface area contributed by atoms with Gasteiger partial charge in [-0.25, -0.2) is 4.98 Å². The van der Waals surface area contributed by atoms with Crippen molar-refractivity contribution < 1.29 is 9.53 Å². The Bertz CT molecular complexity index is 810. The molecule has 0 bridgehead atoms. The van der Waals surface area contributed by atoms with Gasteiger partial charge >= 0.3 is 0 Å². The number of rotatable bonds is 7. The molecule has 1 amide bonds. The van der Waals surface area contributed by atoms with Crippen LogP contribution in [0, 0.1) is 6.92 Å². The molecule has 1 aromatic carbocycles. The van der Waals surface area contributed by atoms with E-state index in [1.165, 1.54) is 16.9 Å². The number of hydrogen-bond donors (Lipinski definition) is 0. The molecule has 0 atom stereocenters. The van der Waals surface area contributed by atoms with Crippen LogP contribution >= 0.6 is 22.7 Å². The molecule has 0 saturated heterocycles. The number of ether oxygens (including phenoxy) is 1. The predicted molar refractivity (Wildman–Crippen MR) is 103 cm³/mol. The van der Waals surface area contributed by atoms with Crippen molar-refractivity contribution in [1.29, 1.82) is 0 Å². The Morgan fingerprint density at radius 2 is 2.00 bits per heavy atom. The third-order valence-electron chi connectivity index (χ3n) is 3.80. The van der Waals surface area contributed by atoms with Crippen molar-refractivity contribution in [3.8, 4) is 10.6 Å². The molecule has 6 heteroatoms. The van der Waals surface area contributed by atoms with Crippen molar-refractivity contribution in [1.82, 2.24) is 9.88 Å². The second-order valence-corrected chi connectivity index (χ2v) is 7.59. The molecule has 0 N–H and O–H groups in total. The van der Waals surface area contributed by atoms with Crippen molar-refractivity contribution in [2.24, 2.45) is 0 Å². The molecule has 130 valence electrons. The van der Waals surface area contributed by atoms with Crippen molar-refractivity contribution in [3.63, 3.8) is 0 Å². The van der Waals surface area contributed by atoms with Crippen molar-refractivity contribution in [2.75, 3.05) is 20.3 Å². The maximum absolute atomic E-state index is 12.9. The van der Waals surface area contributed by atoms with Gasteiger partial charge in [-0.2, -0.15) is 0 Å². The average Bonchev–Trinajstić information content (AvgIpc) is 3.30. The van der Waals surface area contributed by atoms with E-state index >= 15 is 0 Å². The van der Waals surface area contributed by atoms with Crippen LogP contribution in [-0.4, -0.2) is 36.1 Å². The van der Waals surface area contributed by atoms with Crippen LogP contribution in [0.5, 0.6) is 0 Å². The van der Waals surface area contributed by atoms with E-state index < -0.39 is 0 Å². The Hall–Kier alpha value is -2.02. The van der Waals surface area contributed by atoms with Crippen LogP contribution in [0.4, 0.5) is 0 Å². The first-order valence-corrected chi connectivity index (χ1v) is 9.76. The molecule has 0 unspecified atom stereocenters. The summed E-state index contributed by atoms with van der Waals surface area (Å²) in [5, 5.41) is 4.73. The zero-order valence-electron chi connectivity index (χ0n) is 14.3. The van der Waals surface area contributed by atoms with E-state index in [9.17, 15) is 4.79 Å². The van der Waals surface area contributed by atoms with E-state index in [0.717, 1.165) is 15.4 Å². The standard InChI is InChI=1S/C19H20N2O2S2/c1-14-5-7-15(8-6-14)18-20-17(13-25-18)19(22)21(9-10-23-2)12-16-4-3-11-24-16/h3-8,11,13H,9-10,12H2,1-2H3. The number of aryl methyl sites for hydroxylation is 1. The maximum Gasteiger partial charge on any atom is 0.273 e. The second-order valence-electron chi connectivity index (χ2n) is 5.70. The van der Waals surface area contributed by atoms with E-state index in [1.807, 2.05) is 35.0 Å². The van der Waals surface area contributed by atoms with Gasteiger partial charge in [-0.3, -0.25) is 4.79 Å². The Balaban J connectivity index is 1.78. The lowest BCUT2D eigenvalue weighted by Crippen LogP contribution is -2.33. The monoisotopic (exact) mass is 372 g/mol. The van der Waals surface area contributed by atoms with Crippen molar-refractivity contribution in [3.05, 3.63) is 63.3 Å². The molecule has 0 saturated carbocycles. The van der Waals surface area contributed by atoms with Gasteiger partial charge < -0.3 is 9.64 Å². The summed E-state index contributed by atoms with van der Waals surface area (Å²) in [7, 11) is 1.64. The Kier molecular flexibility index (Phi) is 5.96. The van der Waals surface area contributed by atoms with Crippen molar-refractivity contribution >= 4 is 28.6 Å². The number of benzene rings is 1. The third kappa shape index (κ3) is 4.54. The van der Waals surface area contributed by atoms with Gasteiger partial charge in [-0.15, -0.1) is 22.7 Å². The molecule has 0 aliphatic heterocycles. The molecule has 0 aliphatic carbocycles. The fraction of sp³-hybridized carbons (Fsp3) is 0.263. The number of hydrogen-bond acceptors (Lipinski definition) is 5. The topological polar surface area (TPSA) is 42.4 Å². The molecule has 0 spiro atoms. The van der Waals surface area contributed by atoms with Crippen molar-refractivity contribution in [2.45, 2.75) is 13.5 Å². The van der Waals surface area contributed by atoms with Crippen LogP contribution in [0.25, 0.3) is 10.6 Å². The summed E-state index contributed by atoms with van der Waals surface area (Å²) in [6.45, 7) is 3.69. The number of aromatic nitrogens is 1. The molecule has 0 aliphatic rings. The van der Waals surface area contributed by atoms with Gasteiger partial charge in [0.1, 0.15) is 10.7 Å². The number of amides is 1. The molecule has 2 heterocycles. The van der Waals surface area contributed by atoms with Crippen LogP contribution < -0.4 is 0 Å². The van der Waals surface area contributed by atoms with Gasteiger partial charge in [0.05, 0.1) is 13.2 Å². The highest BCUT2D eigenvalue weighted by Crippen LogP contribution is 2.25. The molecular weight excluding hydrogens is 352 g/mol. The number of methoxy groups -OCH3 is 1. The summed E-state index contributed by atoms with van der Waals surface area (Å²) >= 11 is 3.15. The van der Waals surface area contributed by atoms with Crippen LogP contribution in [0.1, 0.15) is 20.9 Å². The fourth-order valence-corrected chi connectivity index (χ4v) is 3.93. The molecule has 3 rings (SSSR count). The minimum atomic E-state index is -0.0555. The van der Waals surface area contributed by atoms with Gasteiger partial charge in [0.2, 0.25) is 0 Å². The van der Waals surface area contributed by atoms with E-state index in [1.54, 1.807) is 23.3 Å². The molecule has 25 heavy (non-hydrogen) atoms. The van der Waals surface area contributed by atoms with Gasteiger partial charge in [-0.05, 0) is 18.4 Å². The summed E-state index contributed by atoms with van der Waals surface area (Å²) in [6, 6.07) is 12.2. The lowest BCUT2D eigenvalue weighted by molar-refractivity contribution is 0.0677. The van der Waals surface area contributed by atoms with Crippen LogP contribution in [0.3, 0.4) is 0 Å². The summed E-state index contributed by atoms with van der Waals surface area (Å²) in [5.74, 6) is -0.0555. The lowest BCUT2D eigenvalue weighted by atomic mass is 10.2. The Labute approximate surface area is 155 Å². The zero-order chi connectivity index (χ0) is 17.6. The van der Waals surface area contributed by atoms with E-state index in [2.05, 4.69) is 24.0 Å². The van der Waals surface area contributed by atoms with Gasteiger partial charge in [-0.1, -0.05) is 35.9 Å². The van der Waals surface area contributed by atoms with Crippen LogP contribution in [0.15, 0.2) is 47.2 Å². The SMILES string of the molecule is COCCN(Cc1cccs1)C(=O)c1csc(-c2ccc(C)cc2)n1. The molecule has 0 fully saturated rings. The maximum atomic E-state index is 12.9. The Morgan fingerprint density at radius 3 is 2.68 bits per heavy atom. The quantitative estimate of drug-likeness (QED) is 0.614. The first-order valence-electron chi connectivity index (χ1n) is 8.00. The number of thiophene rings is 1. The normalized spacial score (nSPS) is 10.8. The predicted octanol–water partition coefficient (Wildman–Crippen LogP) is 4.47. The third-order valence-corrected chi connectivity index (χ3v) is 5.55. The van der Waals surface area contributed by atoms with Crippen LogP contribution in [-0.2, 0) is 11.3 Å². The van der Waals surface area contributed by atoms with Gasteiger partial charge in [0, 0.05) is 29.5 Å². The number of carbonyl (C=O) groups is 1. The summed E-state index contributed by atoms with van der Waals surface area (Å²) < 4.78 is 5.15. The largest absolute Gasteiger partial charge is 0.383 e.